The van der Waals surface area contributed by atoms with Crippen molar-refractivity contribution in [3.8, 4) is 0 Å². The molecule has 17 heavy (non-hydrogen) atoms. The minimum Gasteiger partial charge on any atom is -0.384 e. The number of aliphatic hydroxyl groups excluding tert-OH is 1. The lowest BCUT2D eigenvalue weighted by Crippen LogP contribution is -2.03. The Morgan fingerprint density at radius 1 is 1.24 bits per heavy atom. The molecule has 1 atom stereocenters. The maximum atomic E-state index is 13.4. The van der Waals surface area contributed by atoms with E-state index >= 15 is 0 Å². The second-order valence-corrected chi connectivity index (χ2v) is 4.42. The summed E-state index contributed by atoms with van der Waals surface area (Å²) in [6.45, 7) is 0. The number of nitrogens with zero attached hydrogens (tertiary/aromatic N) is 1. The predicted octanol–water partition coefficient (Wildman–Crippen LogP) is 3.20. The van der Waals surface area contributed by atoms with Crippen molar-refractivity contribution in [2.24, 2.45) is 0 Å². The number of aromatic nitrogens is 1. The number of benzene rings is 1. The third-order valence-electron chi connectivity index (χ3n) is 2.30. The summed E-state index contributed by atoms with van der Waals surface area (Å²) in [6, 6.07) is 5.32. The topological polar surface area (TPSA) is 33.1 Å². The molecule has 0 bridgehead atoms. The van der Waals surface area contributed by atoms with Crippen molar-refractivity contribution in [1.29, 1.82) is 0 Å². The van der Waals surface area contributed by atoms with Crippen LogP contribution in [0.2, 0.25) is 0 Å². The molecule has 0 fully saturated rings. The van der Waals surface area contributed by atoms with Crippen molar-refractivity contribution >= 4 is 15.9 Å². The van der Waals surface area contributed by atoms with Gasteiger partial charge in [0.1, 0.15) is 17.7 Å². The van der Waals surface area contributed by atoms with Gasteiger partial charge in [0.25, 0.3) is 0 Å². The molecule has 0 aliphatic rings. The zero-order valence-corrected chi connectivity index (χ0v) is 10.2. The minimum atomic E-state index is -1.22. The molecular formula is C12H8BrF2NO. The molecule has 1 aromatic carbocycles. The van der Waals surface area contributed by atoms with Crippen LogP contribution in [-0.4, -0.2) is 10.1 Å². The Bertz CT molecular complexity index is 528. The molecule has 1 aromatic heterocycles. The van der Waals surface area contributed by atoms with Crippen molar-refractivity contribution < 1.29 is 13.9 Å². The van der Waals surface area contributed by atoms with Crippen LogP contribution in [0, 0.1) is 11.6 Å². The molecule has 0 aliphatic heterocycles. The number of halogens is 3. The normalized spacial score (nSPS) is 12.5. The molecule has 0 spiro atoms. The van der Waals surface area contributed by atoms with Crippen LogP contribution in [0.5, 0.6) is 0 Å². The number of hydrogen-bond acceptors (Lipinski definition) is 2. The molecule has 0 amide bonds. The fourth-order valence-corrected chi connectivity index (χ4v) is 2.00. The summed E-state index contributed by atoms with van der Waals surface area (Å²) >= 11 is 3.12. The Balaban J connectivity index is 2.43. The highest BCUT2D eigenvalue weighted by molar-refractivity contribution is 9.10. The summed E-state index contributed by atoms with van der Waals surface area (Å²) in [6.07, 6.45) is 1.16. The molecular weight excluding hydrogens is 292 g/mol. The molecule has 2 rings (SSSR count). The Labute approximate surface area is 105 Å². The van der Waals surface area contributed by atoms with E-state index in [-0.39, 0.29) is 11.1 Å². The lowest BCUT2D eigenvalue weighted by molar-refractivity contribution is 0.214. The summed E-state index contributed by atoms with van der Waals surface area (Å²) < 4.78 is 27.0. The maximum absolute atomic E-state index is 13.4. The first-order valence-electron chi connectivity index (χ1n) is 4.81. The fraction of sp³-hybridized carbons (Fsp3) is 0.0833. The van der Waals surface area contributed by atoms with E-state index in [4.69, 9.17) is 0 Å². The molecule has 88 valence electrons. The fourth-order valence-electron chi connectivity index (χ4n) is 1.52. The van der Waals surface area contributed by atoms with Crippen LogP contribution in [0.15, 0.2) is 41.1 Å². The molecule has 2 aromatic rings. The zero-order valence-electron chi connectivity index (χ0n) is 8.57. The van der Waals surface area contributed by atoms with E-state index < -0.39 is 17.7 Å². The third-order valence-corrected chi connectivity index (χ3v) is 2.76. The van der Waals surface area contributed by atoms with E-state index in [0.717, 1.165) is 12.3 Å². The second-order valence-electron chi connectivity index (χ2n) is 3.50. The monoisotopic (exact) mass is 299 g/mol. The average molecular weight is 300 g/mol. The van der Waals surface area contributed by atoms with Crippen LogP contribution in [0.3, 0.4) is 0 Å². The van der Waals surface area contributed by atoms with Crippen molar-refractivity contribution in [2.75, 3.05) is 0 Å². The van der Waals surface area contributed by atoms with E-state index in [1.165, 1.54) is 24.4 Å². The van der Waals surface area contributed by atoms with Crippen molar-refractivity contribution in [3.05, 3.63) is 63.9 Å². The van der Waals surface area contributed by atoms with Gasteiger partial charge in [0, 0.05) is 16.2 Å². The molecule has 0 saturated heterocycles. The van der Waals surface area contributed by atoms with Gasteiger partial charge in [-0.05, 0) is 29.8 Å². The Kier molecular flexibility index (Phi) is 3.49. The molecule has 0 radical (unpaired) electrons. The first kappa shape index (κ1) is 12.1. The van der Waals surface area contributed by atoms with Gasteiger partial charge < -0.3 is 5.11 Å². The van der Waals surface area contributed by atoms with Gasteiger partial charge in [-0.1, -0.05) is 15.9 Å². The van der Waals surface area contributed by atoms with E-state index in [1.54, 1.807) is 0 Å². The van der Waals surface area contributed by atoms with E-state index in [0.29, 0.717) is 4.47 Å². The Morgan fingerprint density at radius 2 is 2.00 bits per heavy atom. The molecule has 0 saturated carbocycles. The Hall–Kier alpha value is -1.33. The first-order valence-corrected chi connectivity index (χ1v) is 5.60. The quantitative estimate of drug-likeness (QED) is 0.924. The number of pyridine rings is 1. The summed E-state index contributed by atoms with van der Waals surface area (Å²) in [4.78, 5) is 3.59. The summed E-state index contributed by atoms with van der Waals surface area (Å²) in [7, 11) is 0. The van der Waals surface area contributed by atoms with Crippen LogP contribution in [0.25, 0.3) is 0 Å². The molecule has 2 nitrogen and oxygen atoms in total. The van der Waals surface area contributed by atoms with Crippen LogP contribution in [0.4, 0.5) is 8.78 Å². The highest BCUT2D eigenvalue weighted by Gasteiger charge is 2.16. The van der Waals surface area contributed by atoms with Crippen LogP contribution < -0.4 is 0 Å². The molecule has 0 aliphatic carbocycles. The molecule has 1 N–H and O–H groups in total. The van der Waals surface area contributed by atoms with Gasteiger partial charge in [0.05, 0.1) is 6.20 Å². The molecule has 5 heteroatoms. The highest BCUT2D eigenvalue weighted by Crippen LogP contribution is 2.26. The highest BCUT2D eigenvalue weighted by atomic mass is 79.9. The van der Waals surface area contributed by atoms with E-state index in [2.05, 4.69) is 20.9 Å². The number of hydrogen-bond donors (Lipinski definition) is 1. The standard InChI is InChI=1S/C12H8BrF2NO/c13-8-3-7(4-9(14)5-8)12(17)10-1-2-16-6-11(10)15/h1-6,12,17H. The minimum absolute atomic E-state index is 0.0671. The SMILES string of the molecule is OC(c1cc(F)cc(Br)c1)c1ccncc1F. The lowest BCUT2D eigenvalue weighted by Gasteiger charge is -2.12. The van der Waals surface area contributed by atoms with Gasteiger partial charge >= 0.3 is 0 Å². The van der Waals surface area contributed by atoms with Gasteiger partial charge in [-0.15, -0.1) is 0 Å². The number of rotatable bonds is 2. The van der Waals surface area contributed by atoms with Gasteiger partial charge in [0.2, 0.25) is 0 Å². The largest absolute Gasteiger partial charge is 0.384 e. The lowest BCUT2D eigenvalue weighted by atomic mass is 10.0. The Morgan fingerprint density at radius 3 is 2.65 bits per heavy atom. The number of aliphatic hydroxyl groups is 1. The van der Waals surface area contributed by atoms with Crippen LogP contribution >= 0.6 is 15.9 Å². The van der Waals surface area contributed by atoms with Crippen molar-refractivity contribution in [1.82, 2.24) is 4.98 Å². The predicted molar refractivity (Wildman–Crippen MR) is 62.4 cm³/mol. The molecule has 1 unspecified atom stereocenters. The average Bonchev–Trinajstić information content (AvgIpc) is 2.27. The van der Waals surface area contributed by atoms with Gasteiger partial charge in [-0.3, -0.25) is 4.98 Å². The summed E-state index contributed by atoms with van der Waals surface area (Å²) in [5.74, 6) is -1.12. The van der Waals surface area contributed by atoms with Crippen LogP contribution in [0.1, 0.15) is 17.2 Å². The van der Waals surface area contributed by atoms with Gasteiger partial charge in [0.15, 0.2) is 0 Å². The van der Waals surface area contributed by atoms with Crippen LogP contribution in [-0.2, 0) is 0 Å². The van der Waals surface area contributed by atoms with Gasteiger partial charge in [-0.2, -0.15) is 0 Å². The summed E-state index contributed by atoms with van der Waals surface area (Å²) in [5, 5.41) is 9.97. The van der Waals surface area contributed by atoms with Gasteiger partial charge in [-0.25, -0.2) is 8.78 Å². The smallest absolute Gasteiger partial charge is 0.147 e. The third kappa shape index (κ3) is 2.68. The first-order chi connectivity index (χ1) is 8.08. The maximum Gasteiger partial charge on any atom is 0.147 e. The molecule has 1 heterocycles. The second kappa shape index (κ2) is 4.89. The van der Waals surface area contributed by atoms with Crippen molar-refractivity contribution in [3.63, 3.8) is 0 Å². The van der Waals surface area contributed by atoms with E-state index in [9.17, 15) is 13.9 Å². The summed E-state index contributed by atoms with van der Waals surface area (Å²) in [5.41, 5.74) is 0.347. The zero-order chi connectivity index (χ0) is 12.4. The van der Waals surface area contributed by atoms with Crippen molar-refractivity contribution in [2.45, 2.75) is 6.10 Å². The van der Waals surface area contributed by atoms with E-state index in [1.807, 2.05) is 0 Å².